The molecule has 172 valence electrons. The van der Waals surface area contributed by atoms with Crippen LogP contribution in [0.5, 0.6) is 5.75 Å². The second-order valence-electron chi connectivity index (χ2n) is 8.34. The van der Waals surface area contributed by atoms with E-state index < -0.39 is 0 Å². The molecule has 3 N–H and O–H groups in total. The third kappa shape index (κ3) is 4.49. The van der Waals surface area contributed by atoms with E-state index in [-0.39, 0.29) is 24.2 Å². The highest BCUT2D eigenvalue weighted by atomic mass is 35.5. The van der Waals surface area contributed by atoms with E-state index in [4.69, 9.17) is 16.3 Å². The van der Waals surface area contributed by atoms with E-state index in [0.29, 0.717) is 19.4 Å². The summed E-state index contributed by atoms with van der Waals surface area (Å²) in [6.07, 6.45) is 5.96. The summed E-state index contributed by atoms with van der Waals surface area (Å²) in [6.45, 7) is 0.439. The minimum Gasteiger partial charge on any atom is -0.496 e. The lowest BCUT2D eigenvalue weighted by Crippen LogP contribution is -2.54. The fourth-order valence-corrected chi connectivity index (χ4v) is 4.71. The van der Waals surface area contributed by atoms with Crippen LogP contribution in [0.3, 0.4) is 0 Å². The molecule has 0 aliphatic carbocycles. The first-order chi connectivity index (χ1) is 16.1. The monoisotopic (exact) mass is 466 g/mol. The molecule has 2 aromatic carbocycles. The Bertz CT molecular complexity index is 1070. The fraction of sp³-hybridized carbons (Fsp3) is 0.333. The number of hydrazine groups is 1. The first kappa shape index (κ1) is 21.6. The molecule has 3 aliphatic heterocycles. The number of hydrazone groups is 1. The van der Waals surface area contributed by atoms with Gasteiger partial charge in [0.1, 0.15) is 17.8 Å². The number of halogens is 1. The second kappa shape index (κ2) is 9.33. The third-order valence-electron chi connectivity index (χ3n) is 6.33. The predicted octanol–water partition coefficient (Wildman–Crippen LogP) is 3.09. The molecule has 3 atom stereocenters. The Kier molecular flexibility index (Phi) is 6.11. The zero-order valence-electron chi connectivity index (χ0n) is 18.4. The molecule has 9 heteroatoms. The van der Waals surface area contributed by atoms with E-state index in [0.717, 1.165) is 28.6 Å². The van der Waals surface area contributed by atoms with E-state index >= 15 is 0 Å². The van der Waals surface area contributed by atoms with E-state index in [1.54, 1.807) is 7.11 Å². The molecule has 0 saturated carbocycles. The highest BCUT2D eigenvalue weighted by Crippen LogP contribution is 2.34. The number of hydrogen-bond donors (Lipinski definition) is 3. The lowest BCUT2D eigenvalue weighted by Gasteiger charge is -2.37. The summed E-state index contributed by atoms with van der Waals surface area (Å²) in [5, 5.41) is 10.4. The number of ether oxygens (including phenoxy) is 1. The summed E-state index contributed by atoms with van der Waals surface area (Å²) in [5.41, 5.74) is 8.99. The van der Waals surface area contributed by atoms with Crippen molar-refractivity contribution in [2.24, 2.45) is 5.10 Å². The van der Waals surface area contributed by atoms with Crippen LogP contribution < -0.4 is 20.9 Å². The van der Waals surface area contributed by atoms with Crippen LogP contribution in [-0.2, 0) is 11.3 Å². The maximum Gasteiger partial charge on any atom is 0.220 e. The second-order valence-corrected chi connectivity index (χ2v) is 8.78. The topological polar surface area (TPSA) is 81.2 Å². The molecule has 0 aromatic heterocycles. The molecule has 0 spiro atoms. The van der Waals surface area contributed by atoms with Gasteiger partial charge >= 0.3 is 0 Å². The predicted molar refractivity (Wildman–Crippen MR) is 127 cm³/mol. The summed E-state index contributed by atoms with van der Waals surface area (Å²) in [5.74, 6) is 1.63. The molecule has 0 bridgehead atoms. The minimum absolute atomic E-state index is 0.0139. The molecule has 3 aliphatic rings. The van der Waals surface area contributed by atoms with Crippen LogP contribution in [0.15, 0.2) is 66.0 Å². The Morgan fingerprint density at radius 3 is 2.85 bits per heavy atom. The lowest BCUT2D eigenvalue weighted by molar-refractivity contribution is -0.121. The first-order valence-corrected chi connectivity index (χ1v) is 11.5. The summed E-state index contributed by atoms with van der Waals surface area (Å²) < 4.78 is 5.35. The molecule has 1 fully saturated rings. The molecular formula is C24H27ClN6O2. The van der Waals surface area contributed by atoms with Gasteiger partial charge in [0.15, 0.2) is 0 Å². The van der Waals surface area contributed by atoms with Crippen LogP contribution in [0.1, 0.15) is 36.4 Å². The zero-order chi connectivity index (χ0) is 22.8. The summed E-state index contributed by atoms with van der Waals surface area (Å²) in [4.78, 5) is 14.6. The zero-order valence-corrected chi connectivity index (χ0v) is 19.1. The van der Waals surface area contributed by atoms with Crippen LogP contribution >= 0.6 is 11.6 Å². The van der Waals surface area contributed by atoms with E-state index in [2.05, 4.69) is 43.3 Å². The van der Waals surface area contributed by atoms with Crippen LogP contribution in [0.2, 0.25) is 5.02 Å². The van der Waals surface area contributed by atoms with Gasteiger partial charge in [-0.3, -0.25) is 10.2 Å². The summed E-state index contributed by atoms with van der Waals surface area (Å²) in [7, 11) is 1.63. The third-order valence-corrected chi connectivity index (χ3v) is 6.58. The molecule has 0 radical (unpaired) electrons. The Morgan fingerprint density at radius 1 is 1.21 bits per heavy atom. The van der Waals surface area contributed by atoms with Crippen LogP contribution in [0, 0.1) is 0 Å². The van der Waals surface area contributed by atoms with Crippen molar-refractivity contribution in [3.05, 3.63) is 77.1 Å². The number of para-hydroxylation sites is 1. The number of fused-ring (bicyclic) bond motifs is 3. The number of hydrogen-bond acceptors (Lipinski definition) is 7. The Morgan fingerprint density at radius 2 is 2.03 bits per heavy atom. The van der Waals surface area contributed by atoms with Gasteiger partial charge < -0.3 is 20.0 Å². The van der Waals surface area contributed by atoms with Gasteiger partial charge in [0, 0.05) is 42.4 Å². The number of amides is 1. The minimum atomic E-state index is -0.0139. The van der Waals surface area contributed by atoms with Gasteiger partial charge in [0.25, 0.3) is 0 Å². The van der Waals surface area contributed by atoms with Crippen molar-refractivity contribution in [3.63, 3.8) is 0 Å². The van der Waals surface area contributed by atoms with Gasteiger partial charge in [0.05, 0.1) is 19.2 Å². The van der Waals surface area contributed by atoms with Crippen molar-refractivity contribution < 1.29 is 9.53 Å². The smallest absolute Gasteiger partial charge is 0.220 e. The van der Waals surface area contributed by atoms with Crippen molar-refractivity contribution in [2.75, 3.05) is 7.11 Å². The van der Waals surface area contributed by atoms with E-state index in [1.807, 2.05) is 48.8 Å². The average molecular weight is 467 g/mol. The van der Waals surface area contributed by atoms with Crippen LogP contribution in [0.4, 0.5) is 0 Å². The Balaban J connectivity index is 1.14. The Labute approximate surface area is 198 Å². The number of methoxy groups -OCH3 is 1. The fourth-order valence-electron chi connectivity index (χ4n) is 4.58. The highest BCUT2D eigenvalue weighted by Gasteiger charge is 2.44. The summed E-state index contributed by atoms with van der Waals surface area (Å²) >= 11 is 6.04. The first-order valence-electron chi connectivity index (χ1n) is 11.1. The molecule has 33 heavy (non-hydrogen) atoms. The molecule has 8 nitrogen and oxygen atoms in total. The number of amidine groups is 1. The molecule has 1 saturated heterocycles. The number of rotatable bonds is 7. The van der Waals surface area contributed by atoms with Gasteiger partial charge in [-0.15, -0.1) is 0 Å². The molecular weight excluding hydrogens is 440 g/mol. The van der Waals surface area contributed by atoms with Crippen LogP contribution in [-0.4, -0.2) is 41.0 Å². The maximum atomic E-state index is 12.4. The van der Waals surface area contributed by atoms with Gasteiger partial charge in [-0.1, -0.05) is 41.9 Å². The van der Waals surface area contributed by atoms with Gasteiger partial charge in [-0.25, -0.2) is 5.43 Å². The maximum absolute atomic E-state index is 12.4. The average Bonchev–Trinajstić information content (AvgIpc) is 3.46. The van der Waals surface area contributed by atoms with Gasteiger partial charge in [0.2, 0.25) is 5.91 Å². The number of carbonyl (C=O) groups excluding carboxylic acids is 1. The van der Waals surface area contributed by atoms with E-state index in [1.165, 1.54) is 5.56 Å². The Hall–Kier alpha value is -3.23. The van der Waals surface area contributed by atoms with Crippen molar-refractivity contribution >= 4 is 23.3 Å². The SMILES string of the molecule is COc1ccccc1CNC(=O)CCC1=NNC2C3CC(c4ccc(Cl)cc4)NN3C=CN12. The van der Waals surface area contributed by atoms with Crippen molar-refractivity contribution in [2.45, 2.75) is 44.1 Å². The quantitative estimate of drug-likeness (QED) is 0.582. The molecule has 5 rings (SSSR count). The number of nitrogens with zero attached hydrogens (tertiary/aromatic N) is 3. The highest BCUT2D eigenvalue weighted by molar-refractivity contribution is 6.30. The summed E-state index contributed by atoms with van der Waals surface area (Å²) in [6, 6.07) is 16.1. The van der Waals surface area contributed by atoms with Crippen LogP contribution in [0.25, 0.3) is 0 Å². The molecule has 3 unspecified atom stereocenters. The van der Waals surface area contributed by atoms with Gasteiger partial charge in [-0.2, -0.15) is 5.10 Å². The molecule has 3 heterocycles. The standard InChI is InChI=1S/C24H27ClN6O2/c1-33-21-5-3-2-4-17(21)15-26-23(32)11-10-22-27-28-24-20-14-19(16-6-8-18(25)9-7-16)29-31(20)13-12-30(22)24/h2-9,12-13,19-20,24,28-29H,10-11,14-15H2,1H3,(H,26,32). The van der Waals surface area contributed by atoms with Crippen molar-refractivity contribution in [1.29, 1.82) is 0 Å². The number of benzene rings is 2. The largest absolute Gasteiger partial charge is 0.496 e. The van der Waals surface area contributed by atoms with Gasteiger partial charge in [-0.05, 0) is 30.2 Å². The molecule has 2 aromatic rings. The lowest BCUT2D eigenvalue weighted by atomic mass is 9.99. The van der Waals surface area contributed by atoms with Crippen molar-refractivity contribution in [3.8, 4) is 5.75 Å². The number of carbonyl (C=O) groups is 1. The normalized spacial score (nSPS) is 23.0. The van der Waals surface area contributed by atoms with E-state index in [9.17, 15) is 4.79 Å². The van der Waals surface area contributed by atoms with Crippen molar-refractivity contribution in [1.82, 2.24) is 26.1 Å². The molecule has 1 amide bonds. The number of nitrogens with one attached hydrogen (secondary N) is 3.